The van der Waals surface area contributed by atoms with E-state index in [9.17, 15) is 4.79 Å². The van der Waals surface area contributed by atoms with Crippen molar-refractivity contribution in [2.45, 2.75) is 26.3 Å². The number of guanidine groups is 1. The number of ether oxygens (including phenoxy) is 2. The van der Waals surface area contributed by atoms with Gasteiger partial charge < -0.3 is 25.4 Å². The van der Waals surface area contributed by atoms with Crippen LogP contribution < -0.4 is 25.4 Å². The SMILES string of the molecule is CN=C(NCCOc1ccc(OC)cc1)NCC(=O)NC(C)(C)C. The van der Waals surface area contributed by atoms with E-state index in [1.807, 2.05) is 45.0 Å². The molecular formula is C17H28N4O3. The molecule has 0 unspecified atom stereocenters. The molecule has 1 aromatic carbocycles. The van der Waals surface area contributed by atoms with Gasteiger partial charge in [0, 0.05) is 12.6 Å². The molecule has 0 heterocycles. The van der Waals surface area contributed by atoms with Crippen LogP contribution >= 0.6 is 0 Å². The van der Waals surface area contributed by atoms with Gasteiger partial charge in [-0.3, -0.25) is 9.79 Å². The lowest BCUT2D eigenvalue weighted by Crippen LogP contribution is -2.48. The summed E-state index contributed by atoms with van der Waals surface area (Å²) in [6, 6.07) is 7.39. The molecule has 1 amide bonds. The number of rotatable bonds is 7. The quantitative estimate of drug-likeness (QED) is 0.395. The first-order chi connectivity index (χ1) is 11.3. The smallest absolute Gasteiger partial charge is 0.239 e. The molecule has 7 nitrogen and oxygen atoms in total. The highest BCUT2D eigenvalue weighted by Gasteiger charge is 2.13. The van der Waals surface area contributed by atoms with Crippen molar-refractivity contribution in [3.05, 3.63) is 24.3 Å². The van der Waals surface area contributed by atoms with Crippen molar-refractivity contribution < 1.29 is 14.3 Å². The monoisotopic (exact) mass is 336 g/mol. The standard InChI is InChI=1S/C17H28N4O3/c1-17(2,3)21-15(22)12-20-16(18-4)19-10-11-24-14-8-6-13(23-5)7-9-14/h6-9H,10-12H2,1-5H3,(H,21,22)(H2,18,19,20). The maximum absolute atomic E-state index is 11.8. The zero-order valence-electron chi connectivity index (χ0n) is 15.1. The Morgan fingerprint density at radius 2 is 1.75 bits per heavy atom. The molecule has 0 aromatic heterocycles. The van der Waals surface area contributed by atoms with Crippen LogP contribution in [0.15, 0.2) is 29.3 Å². The Kier molecular flexibility index (Phi) is 7.88. The largest absolute Gasteiger partial charge is 0.497 e. The molecule has 1 aromatic rings. The second kappa shape index (κ2) is 9.64. The normalized spacial score (nSPS) is 11.6. The van der Waals surface area contributed by atoms with Crippen LogP contribution in [0.2, 0.25) is 0 Å². The van der Waals surface area contributed by atoms with Gasteiger partial charge in [-0.25, -0.2) is 0 Å². The predicted octanol–water partition coefficient (Wildman–Crippen LogP) is 1.15. The van der Waals surface area contributed by atoms with Gasteiger partial charge in [0.1, 0.15) is 18.1 Å². The summed E-state index contributed by atoms with van der Waals surface area (Å²) < 4.78 is 10.7. The van der Waals surface area contributed by atoms with Gasteiger partial charge in [0.25, 0.3) is 0 Å². The Morgan fingerprint density at radius 3 is 2.29 bits per heavy atom. The first-order valence-corrected chi connectivity index (χ1v) is 7.86. The summed E-state index contributed by atoms with van der Waals surface area (Å²) in [6.45, 7) is 7.02. The van der Waals surface area contributed by atoms with E-state index in [1.54, 1.807) is 14.2 Å². The predicted molar refractivity (Wildman–Crippen MR) is 95.7 cm³/mol. The minimum atomic E-state index is -0.248. The molecule has 0 saturated heterocycles. The fourth-order valence-electron chi connectivity index (χ4n) is 1.86. The Morgan fingerprint density at radius 1 is 1.12 bits per heavy atom. The Hall–Kier alpha value is -2.44. The zero-order valence-corrected chi connectivity index (χ0v) is 15.1. The lowest BCUT2D eigenvalue weighted by atomic mass is 10.1. The average molecular weight is 336 g/mol. The van der Waals surface area contributed by atoms with Gasteiger partial charge in [-0.15, -0.1) is 0 Å². The second-order valence-corrected chi connectivity index (χ2v) is 6.17. The summed E-state index contributed by atoms with van der Waals surface area (Å²) in [6.07, 6.45) is 0. The van der Waals surface area contributed by atoms with E-state index in [-0.39, 0.29) is 18.0 Å². The first kappa shape index (κ1) is 19.6. The van der Waals surface area contributed by atoms with Gasteiger partial charge >= 0.3 is 0 Å². The number of benzene rings is 1. The molecule has 0 radical (unpaired) electrons. The molecule has 24 heavy (non-hydrogen) atoms. The van der Waals surface area contributed by atoms with Crippen molar-refractivity contribution in [3.63, 3.8) is 0 Å². The van der Waals surface area contributed by atoms with Crippen LogP contribution in [-0.2, 0) is 4.79 Å². The average Bonchev–Trinajstić information content (AvgIpc) is 2.53. The van der Waals surface area contributed by atoms with E-state index in [2.05, 4.69) is 20.9 Å². The van der Waals surface area contributed by atoms with Crippen LogP contribution in [0.5, 0.6) is 11.5 Å². The second-order valence-electron chi connectivity index (χ2n) is 6.17. The van der Waals surface area contributed by atoms with E-state index in [4.69, 9.17) is 9.47 Å². The maximum atomic E-state index is 11.8. The Balaban J connectivity index is 2.25. The minimum absolute atomic E-state index is 0.0834. The molecule has 0 aliphatic rings. The van der Waals surface area contributed by atoms with Crippen LogP contribution in [-0.4, -0.2) is 51.3 Å². The molecule has 3 N–H and O–H groups in total. The van der Waals surface area contributed by atoms with E-state index < -0.39 is 0 Å². The molecule has 1 rings (SSSR count). The summed E-state index contributed by atoms with van der Waals surface area (Å²) in [7, 11) is 3.28. The number of hydrogen-bond donors (Lipinski definition) is 3. The maximum Gasteiger partial charge on any atom is 0.239 e. The molecule has 0 bridgehead atoms. The van der Waals surface area contributed by atoms with E-state index in [0.29, 0.717) is 19.1 Å². The number of hydrogen-bond acceptors (Lipinski definition) is 4. The number of nitrogens with one attached hydrogen (secondary N) is 3. The summed E-state index contributed by atoms with van der Waals surface area (Å²) in [5.74, 6) is 2.03. The third-order valence-electron chi connectivity index (χ3n) is 2.88. The van der Waals surface area contributed by atoms with E-state index in [0.717, 1.165) is 11.5 Å². The third kappa shape index (κ3) is 8.26. The highest BCUT2D eigenvalue weighted by atomic mass is 16.5. The van der Waals surface area contributed by atoms with Crippen LogP contribution in [0.3, 0.4) is 0 Å². The number of aliphatic imine (C=N–C) groups is 1. The van der Waals surface area contributed by atoms with Crippen LogP contribution in [0, 0.1) is 0 Å². The molecule has 134 valence electrons. The van der Waals surface area contributed by atoms with E-state index >= 15 is 0 Å². The summed E-state index contributed by atoms with van der Waals surface area (Å²) >= 11 is 0. The number of amides is 1. The van der Waals surface area contributed by atoms with Gasteiger partial charge in [0.15, 0.2) is 5.96 Å². The first-order valence-electron chi connectivity index (χ1n) is 7.86. The van der Waals surface area contributed by atoms with Gasteiger partial charge in [-0.1, -0.05) is 0 Å². The fraction of sp³-hybridized carbons (Fsp3) is 0.529. The van der Waals surface area contributed by atoms with Crippen molar-refractivity contribution in [2.24, 2.45) is 4.99 Å². The highest BCUT2D eigenvalue weighted by Crippen LogP contribution is 2.16. The summed E-state index contributed by atoms with van der Waals surface area (Å²) in [5.41, 5.74) is -0.248. The molecule has 0 aliphatic heterocycles. The lowest BCUT2D eigenvalue weighted by molar-refractivity contribution is -0.121. The number of nitrogens with zero attached hydrogens (tertiary/aromatic N) is 1. The van der Waals surface area contributed by atoms with Gasteiger partial charge in [0.2, 0.25) is 5.91 Å². The molecule has 0 fully saturated rings. The Labute approximate surface area is 143 Å². The fourth-order valence-corrected chi connectivity index (χ4v) is 1.86. The molecule has 0 saturated carbocycles. The Bertz CT molecular complexity index is 536. The molecule has 0 aliphatic carbocycles. The van der Waals surface area contributed by atoms with Crippen LogP contribution in [0.1, 0.15) is 20.8 Å². The number of methoxy groups -OCH3 is 1. The van der Waals surface area contributed by atoms with Gasteiger partial charge in [0.05, 0.1) is 20.2 Å². The van der Waals surface area contributed by atoms with E-state index in [1.165, 1.54) is 0 Å². The van der Waals surface area contributed by atoms with Gasteiger partial charge in [-0.2, -0.15) is 0 Å². The molecular weight excluding hydrogens is 308 g/mol. The summed E-state index contributed by atoms with van der Waals surface area (Å²) in [5, 5.41) is 8.93. The molecule has 0 spiro atoms. The van der Waals surface area contributed by atoms with Crippen LogP contribution in [0.25, 0.3) is 0 Å². The third-order valence-corrected chi connectivity index (χ3v) is 2.88. The minimum Gasteiger partial charge on any atom is -0.497 e. The number of carbonyl (C=O) groups excluding carboxylic acids is 1. The lowest BCUT2D eigenvalue weighted by Gasteiger charge is -2.21. The van der Waals surface area contributed by atoms with Crippen molar-refractivity contribution >= 4 is 11.9 Å². The highest BCUT2D eigenvalue weighted by molar-refractivity contribution is 5.86. The molecule has 0 atom stereocenters. The number of carbonyl (C=O) groups is 1. The van der Waals surface area contributed by atoms with Crippen molar-refractivity contribution in [2.75, 3.05) is 33.9 Å². The van der Waals surface area contributed by atoms with Crippen LogP contribution in [0.4, 0.5) is 0 Å². The van der Waals surface area contributed by atoms with Crippen molar-refractivity contribution in [3.8, 4) is 11.5 Å². The van der Waals surface area contributed by atoms with Crippen molar-refractivity contribution in [1.29, 1.82) is 0 Å². The zero-order chi connectivity index (χ0) is 18.0. The topological polar surface area (TPSA) is 84.0 Å². The molecule has 7 heteroatoms. The van der Waals surface area contributed by atoms with Gasteiger partial charge in [-0.05, 0) is 45.0 Å². The summed E-state index contributed by atoms with van der Waals surface area (Å²) in [4.78, 5) is 15.8. The van der Waals surface area contributed by atoms with Crippen molar-refractivity contribution in [1.82, 2.24) is 16.0 Å².